The Morgan fingerprint density at radius 2 is 2.12 bits per heavy atom. The van der Waals surface area contributed by atoms with E-state index < -0.39 is 0 Å². The summed E-state index contributed by atoms with van der Waals surface area (Å²) in [4.78, 5) is 5.67. The van der Waals surface area contributed by atoms with Crippen LogP contribution in [0.4, 0.5) is 0 Å². The lowest BCUT2D eigenvalue weighted by atomic mass is 10.1. The molecule has 0 bridgehead atoms. The Balaban J connectivity index is 2.50. The number of benzene rings is 1. The number of aryl methyl sites for hydroxylation is 1. The largest absolute Gasteiger partial charge is 0.493 e. The molecule has 0 spiro atoms. The lowest BCUT2D eigenvalue weighted by Crippen LogP contribution is -1.94. The Kier molecular flexibility index (Phi) is 3.61. The molecule has 1 aromatic heterocycles. The molecule has 0 saturated carbocycles. The molecule has 1 aromatic carbocycles. The third-order valence-electron chi connectivity index (χ3n) is 2.21. The summed E-state index contributed by atoms with van der Waals surface area (Å²) in [5.74, 6) is 0.894. The molecule has 0 aliphatic heterocycles. The van der Waals surface area contributed by atoms with Gasteiger partial charge in [-0.1, -0.05) is 12.1 Å². The number of para-hydroxylation sites is 1. The number of hydrogen-bond donors (Lipinski definition) is 0. The first kappa shape index (κ1) is 11.6. The van der Waals surface area contributed by atoms with Gasteiger partial charge >= 0.3 is 0 Å². The second-order valence-electron chi connectivity index (χ2n) is 3.30. The summed E-state index contributed by atoms with van der Waals surface area (Å²) in [5, 5.41) is 0. The number of aromatic nitrogens is 1. The van der Waals surface area contributed by atoms with Gasteiger partial charge in [-0.05, 0) is 41.9 Å². The zero-order valence-electron chi connectivity index (χ0n) is 9.16. The van der Waals surface area contributed by atoms with Gasteiger partial charge in [-0.25, -0.2) is 4.98 Å². The smallest absolute Gasteiger partial charge is 0.160 e. The molecule has 0 aliphatic carbocycles. The number of hydrogen-bond acceptors (Lipinski definition) is 3. The van der Waals surface area contributed by atoms with Crippen molar-refractivity contribution in [2.24, 2.45) is 0 Å². The van der Waals surface area contributed by atoms with E-state index >= 15 is 0 Å². The van der Waals surface area contributed by atoms with E-state index in [4.69, 9.17) is 4.74 Å². The highest BCUT2D eigenvalue weighted by molar-refractivity contribution is 9.11. The summed E-state index contributed by atoms with van der Waals surface area (Å²) in [5.41, 5.74) is 2.06. The first-order valence-corrected chi connectivity index (χ1v) is 6.68. The molecule has 2 aromatic rings. The Labute approximate surface area is 107 Å². The van der Waals surface area contributed by atoms with E-state index in [2.05, 4.69) is 27.8 Å². The number of ether oxygens (including phenoxy) is 1. The van der Waals surface area contributed by atoms with Gasteiger partial charge in [0.2, 0.25) is 0 Å². The van der Waals surface area contributed by atoms with Crippen molar-refractivity contribution in [3.05, 3.63) is 33.1 Å². The summed E-state index contributed by atoms with van der Waals surface area (Å²) < 4.78 is 6.51. The minimum Gasteiger partial charge on any atom is -0.493 e. The molecule has 4 heteroatoms. The fraction of sp³-hybridized carbons (Fsp3) is 0.250. The van der Waals surface area contributed by atoms with Crippen molar-refractivity contribution in [3.8, 4) is 17.0 Å². The van der Waals surface area contributed by atoms with E-state index in [0.717, 1.165) is 20.9 Å². The van der Waals surface area contributed by atoms with Gasteiger partial charge in [-0.3, -0.25) is 0 Å². The van der Waals surface area contributed by atoms with E-state index in [0.29, 0.717) is 6.61 Å². The fourth-order valence-electron chi connectivity index (χ4n) is 1.56. The second kappa shape index (κ2) is 4.97. The van der Waals surface area contributed by atoms with Gasteiger partial charge in [-0.2, -0.15) is 0 Å². The highest BCUT2D eigenvalue weighted by atomic mass is 79.9. The third kappa shape index (κ3) is 2.28. The van der Waals surface area contributed by atoms with Gasteiger partial charge in [0, 0.05) is 10.4 Å². The molecular formula is C12H12BrNOS. The molecule has 16 heavy (non-hydrogen) atoms. The predicted octanol–water partition coefficient (Wildman–Crippen LogP) is 4.28. The molecule has 0 N–H and O–H groups in total. The van der Waals surface area contributed by atoms with Gasteiger partial charge in [-0.15, -0.1) is 11.3 Å². The fourth-order valence-corrected chi connectivity index (χ4v) is 3.11. The van der Waals surface area contributed by atoms with Crippen LogP contribution < -0.4 is 4.74 Å². The molecule has 0 radical (unpaired) electrons. The third-order valence-corrected chi connectivity index (χ3v) is 3.63. The first-order valence-electron chi connectivity index (χ1n) is 5.07. The van der Waals surface area contributed by atoms with Crippen molar-refractivity contribution >= 4 is 27.3 Å². The lowest BCUT2D eigenvalue weighted by Gasteiger charge is -2.08. The van der Waals surface area contributed by atoms with E-state index in [1.165, 1.54) is 4.88 Å². The highest BCUT2D eigenvalue weighted by Gasteiger charge is 2.12. The van der Waals surface area contributed by atoms with Crippen LogP contribution >= 0.6 is 27.3 Å². The molecule has 0 amide bonds. The molecule has 0 atom stereocenters. The summed E-state index contributed by atoms with van der Waals surface area (Å²) in [6.45, 7) is 4.72. The van der Waals surface area contributed by atoms with E-state index in [1.807, 2.05) is 31.2 Å². The van der Waals surface area contributed by atoms with Gasteiger partial charge in [0.15, 0.2) is 3.92 Å². The monoisotopic (exact) mass is 297 g/mol. The quantitative estimate of drug-likeness (QED) is 0.843. The highest BCUT2D eigenvalue weighted by Crippen LogP contribution is 2.35. The topological polar surface area (TPSA) is 22.1 Å². The van der Waals surface area contributed by atoms with Crippen LogP contribution in [0.15, 0.2) is 28.2 Å². The molecule has 84 valence electrons. The molecule has 0 fully saturated rings. The van der Waals surface area contributed by atoms with Crippen molar-refractivity contribution in [1.29, 1.82) is 0 Å². The second-order valence-corrected chi connectivity index (χ2v) is 5.78. The molecule has 0 aliphatic rings. The average molecular weight is 298 g/mol. The van der Waals surface area contributed by atoms with Gasteiger partial charge < -0.3 is 4.74 Å². The Morgan fingerprint density at radius 3 is 2.75 bits per heavy atom. The van der Waals surface area contributed by atoms with Crippen LogP contribution in [0.25, 0.3) is 11.3 Å². The standard InChI is InChI=1S/C12H12BrNOS/c1-3-15-10-7-5-4-6-9(10)11-8(2)16-12(13)14-11/h4-7H,3H2,1-2H3. The SMILES string of the molecule is CCOc1ccccc1-c1nc(Br)sc1C. The molecule has 2 nitrogen and oxygen atoms in total. The Bertz CT molecular complexity index is 496. The maximum Gasteiger partial charge on any atom is 0.160 e. The van der Waals surface area contributed by atoms with Crippen molar-refractivity contribution in [1.82, 2.24) is 4.98 Å². The van der Waals surface area contributed by atoms with Gasteiger partial charge in [0.1, 0.15) is 5.75 Å². The minimum atomic E-state index is 0.668. The lowest BCUT2D eigenvalue weighted by molar-refractivity contribution is 0.341. The predicted molar refractivity (Wildman–Crippen MR) is 71.2 cm³/mol. The van der Waals surface area contributed by atoms with Gasteiger partial charge in [0.05, 0.1) is 12.3 Å². The van der Waals surface area contributed by atoms with E-state index in [-0.39, 0.29) is 0 Å². The van der Waals surface area contributed by atoms with Crippen LogP contribution in [0, 0.1) is 6.92 Å². The first-order chi connectivity index (χ1) is 7.72. The number of nitrogens with zero attached hydrogens (tertiary/aromatic N) is 1. The van der Waals surface area contributed by atoms with Gasteiger partial charge in [0.25, 0.3) is 0 Å². The summed E-state index contributed by atoms with van der Waals surface area (Å²) in [6.07, 6.45) is 0. The van der Waals surface area contributed by atoms with Crippen molar-refractivity contribution in [2.45, 2.75) is 13.8 Å². The van der Waals surface area contributed by atoms with Crippen LogP contribution in [-0.2, 0) is 0 Å². The Hall–Kier alpha value is -0.870. The zero-order valence-corrected chi connectivity index (χ0v) is 11.6. The molecular weight excluding hydrogens is 286 g/mol. The van der Waals surface area contributed by atoms with E-state index in [9.17, 15) is 0 Å². The van der Waals surface area contributed by atoms with Crippen LogP contribution in [0.2, 0.25) is 0 Å². The Morgan fingerprint density at radius 1 is 1.38 bits per heavy atom. The molecule has 0 saturated heterocycles. The summed E-state index contributed by atoms with van der Waals surface area (Å²) in [6, 6.07) is 8.00. The van der Waals surface area contributed by atoms with Crippen LogP contribution in [-0.4, -0.2) is 11.6 Å². The van der Waals surface area contributed by atoms with Crippen LogP contribution in [0.5, 0.6) is 5.75 Å². The number of thiazole rings is 1. The molecule has 1 heterocycles. The zero-order chi connectivity index (χ0) is 11.5. The normalized spacial score (nSPS) is 10.4. The van der Waals surface area contributed by atoms with E-state index in [1.54, 1.807) is 11.3 Å². The summed E-state index contributed by atoms with van der Waals surface area (Å²) >= 11 is 5.05. The number of halogens is 1. The van der Waals surface area contributed by atoms with Crippen LogP contribution in [0.1, 0.15) is 11.8 Å². The van der Waals surface area contributed by atoms with Crippen molar-refractivity contribution < 1.29 is 4.74 Å². The number of rotatable bonds is 3. The minimum absolute atomic E-state index is 0.668. The van der Waals surface area contributed by atoms with Crippen molar-refractivity contribution in [3.63, 3.8) is 0 Å². The maximum atomic E-state index is 5.60. The average Bonchev–Trinajstić information content (AvgIpc) is 2.59. The molecule has 0 unspecified atom stereocenters. The van der Waals surface area contributed by atoms with Crippen LogP contribution in [0.3, 0.4) is 0 Å². The van der Waals surface area contributed by atoms with Crippen molar-refractivity contribution in [2.75, 3.05) is 6.61 Å². The summed E-state index contributed by atoms with van der Waals surface area (Å²) in [7, 11) is 0. The molecule has 2 rings (SSSR count). The maximum absolute atomic E-state index is 5.60.